The molecule has 1 aromatic rings. The number of nitrogens with one attached hydrogen (secondary N) is 1. The number of nitrogens with zero attached hydrogens (tertiary/aromatic N) is 1. The molecular weight excluding hydrogens is 368 g/mol. The average molecular weight is 392 g/mol. The summed E-state index contributed by atoms with van der Waals surface area (Å²) in [6.07, 6.45) is -0.909. The summed E-state index contributed by atoms with van der Waals surface area (Å²) in [5.41, 5.74) is 0.634. The topological polar surface area (TPSA) is 103 Å². The van der Waals surface area contributed by atoms with Gasteiger partial charge in [0.1, 0.15) is 13.2 Å². The van der Waals surface area contributed by atoms with Crippen molar-refractivity contribution in [3.8, 4) is 11.5 Å². The van der Waals surface area contributed by atoms with E-state index in [1.54, 1.807) is 18.2 Å². The molecule has 3 rings (SSSR count). The molecule has 2 aliphatic rings. The normalized spacial score (nSPS) is 19.3. The Morgan fingerprint density at radius 2 is 2.04 bits per heavy atom. The number of esters is 1. The number of carbonyl (C=O) groups excluding carboxylic acids is 3. The van der Waals surface area contributed by atoms with Crippen molar-refractivity contribution < 1.29 is 33.3 Å². The molecule has 152 valence electrons. The van der Waals surface area contributed by atoms with Gasteiger partial charge in [0.2, 0.25) is 5.91 Å². The Hall–Kier alpha value is -2.81. The molecule has 9 heteroatoms. The van der Waals surface area contributed by atoms with Crippen LogP contribution in [0.15, 0.2) is 18.2 Å². The third-order valence-corrected chi connectivity index (χ3v) is 4.56. The smallest absolute Gasteiger partial charge is 0.312 e. The molecule has 9 nitrogen and oxygen atoms in total. The minimum atomic E-state index is -0.942. The van der Waals surface area contributed by atoms with Gasteiger partial charge in [0, 0.05) is 38.4 Å². The van der Waals surface area contributed by atoms with Gasteiger partial charge in [-0.25, -0.2) is 0 Å². The first-order chi connectivity index (χ1) is 13.5. The van der Waals surface area contributed by atoms with E-state index in [2.05, 4.69) is 5.32 Å². The van der Waals surface area contributed by atoms with E-state index in [0.29, 0.717) is 43.6 Å². The predicted octanol–water partition coefficient (Wildman–Crippen LogP) is 0.505. The molecule has 0 spiro atoms. The molecule has 1 fully saturated rings. The van der Waals surface area contributed by atoms with Gasteiger partial charge in [-0.05, 0) is 19.1 Å². The first-order valence-corrected chi connectivity index (χ1v) is 9.16. The van der Waals surface area contributed by atoms with E-state index in [9.17, 15) is 14.4 Å². The number of ether oxygens (including phenoxy) is 4. The number of rotatable bonds is 7. The summed E-state index contributed by atoms with van der Waals surface area (Å²) in [4.78, 5) is 38.2. The highest BCUT2D eigenvalue weighted by Crippen LogP contribution is 2.36. The molecule has 0 aliphatic carbocycles. The van der Waals surface area contributed by atoms with Crippen LogP contribution in [0.1, 0.15) is 13.3 Å². The standard InChI is InChI=1S/C19H24N2O7/c1-12(18(23)20-5-6-25-2)28-19(24)13-9-17(22)21(11-13)14-3-4-15-16(10-14)27-8-7-26-15/h3-4,10,12-13H,5-9,11H2,1-2H3,(H,20,23)/t12-,13+/m1/s1. The van der Waals surface area contributed by atoms with E-state index >= 15 is 0 Å². The molecule has 0 aromatic heterocycles. The molecule has 0 radical (unpaired) electrons. The monoisotopic (exact) mass is 392 g/mol. The highest BCUT2D eigenvalue weighted by molar-refractivity contribution is 6.00. The number of methoxy groups -OCH3 is 1. The van der Waals surface area contributed by atoms with Crippen molar-refractivity contribution >= 4 is 23.5 Å². The molecule has 1 saturated heterocycles. The number of benzene rings is 1. The van der Waals surface area contributed by atoms with Crippen LogP contribution in [-0.2, 0) is 23.9 Å². The Bertz CT molecular complexity index is 752. The summed E-state index contributed by atoms with van der Waals surface area (Å²) in [6.45, 7) is 3.32. The van der Waals surface area contributed by atoms with E-state index in [-0.39, 0.29) is 18.9 Å². The van der Waals surface area contributed by atoms with E-state index in [1.807, 2.05) is 0 Å². The van der Waals surface area contributed by atoms with Crippen LogP contribution in [0, 0.1) is 5.92 Å². The SMILES string of the molecule is COCCNC(=O)[C@@H](C)OC(=O)[C@H]1CC(=O)N(c2ccc3c(c2)OCCO3)C1. The molecule has 1 aromatic carbocycles. The van der Waals surface area contributed by atoms with Crippen molar-refractivity contribution in [2.24, 2.45) is 5.92 Å². The first kappa shape index (κ1) is 19.9. The third-order valence-electron chi connectivity index (χ3n) is 4.56. The van der Waals surface area contributed by atoms with Crippen molar-refractivity contribution in [2.75, 3.05) is 44.9 Å². The summed E-state index contributed by atoms with van der Waals surface area (Å²) in [5.74, 6) is -0.582. The number of hydrogen-bond donors (Lipinski definition) is 1. The molecular formula is C19H24N2O7. The lowest BCUT2D eigenvalue weighted by molar-refractivity contribution is -0.158. The van der Waals surface area contributed by atoms with E-state index in [1.165, 1.54) is 18.9 Å². The first-order valence-electron chi connectivity index (χ1n) is 9.16. The molecule has 0 saturated carbocycles. The predicted molar refractivity (Wildman–Crippen MR) is 98.3 cm³/mol. The molecule has 0 unspecified atom stereocenters. The van der Waals surface area contributed by atoms with Crippen LogP contribution in [-0.4, -0.2) is 63.9 Å². The number of amides is 2. The number of carbonyl (C=O) groups is 3. The Morgan fingerprint density at radius 1 is 1.29 bits per heavy atom. The van der Waals surface area contributed by atoms with Gasteiger partial charge in [-0.15, -0.1) is 0 Å². The van der Waals surface area contributed by atoms with Crippen LogP contribution < -0.4 is 19.7 Å². The fourth-order valence-electron chi connectivity index (χ4n) is 3.06. The van der Waals surface area contributed by atoms with Gasteiger partial charge >= 0.3 is 5.97 Å². The number of hydrogen-bond acceptors (Lipinski definition) is 7. The fourth-order valence-corrected chi connectivity index (χ4v) is 3.06. The maximum atomic E-state index is 12.4. The maximum Gasteiger partial charge on any atom is 0.312 e. The zero-order chi connectivity index (χ0) is 20.1. The van der Waals surface area contributed by atoms with Gasteiger partial charge in [-0.3, -0.25) is 14.4 Å². The second-order valence-corrected chi connectivity index (χ2v) is 6.60. The maximum absolute atomic E-state index is 12.4. The van der Waals surface area contributed by atoms with Gasteiger partial charge in [0.05, 0.1) is 12.5 Å². The number of fused-ring (bicyclic) bond motifs is 1. The largest absolute Gasteiger partial charge is 0.486 e. The molecule has 2 amide bonds. The lowest BCUT2D eigenvalue weighted by atomic mass is 10.1. The van der Waals surface area contributed by atoms with Crippen LogP contribution in [0.25, 0.3) is 0 Å². The summed E-state index contributed by atoms with van der Waals surface area (Å²) in [7, 11) is 1.53. The van der Waals surface area contributed by atoms with Crippen LogP contribution in [0.2, 0.25) is 0 Å². The lowest BCUT2D eigenvalue weighted by Gasteiger charge is -2.22. The third kappa shape index (κ3) is 4.53. The van der Waals surface area contributed by atoms with E-state index in [0.717, 1.165) is 0 Å². The Balaban J connectivity index is 1.58. The zero-order valence-corrected chi connectivity index (χ0v) is 15.9. The van der Waals surface area contributed by atoms with Gasteiger partial charge < -0.3 is 29.2 Å². The van der Waals surface area contributed by atoms with Crippen molar-refractivity contribution in [3.05, 3.63) is 18.2 Å². The Kier molecular flexibility index (Phi) is 6.35. The lowest BCUT2D eigenvalue weighted by Crippen LogP contribution is -2.38. The van der Waals surface area contributed by atoms with Gasteiger partial charge in [0.15, 0.2) is 17.6 Å². The molecule has 28 heavy (non-hydrogen) atoms. The van der Waals surface area contributed by atoms with Crippen LogP contribution in [0.3, 0.4) is 0 Å². The van der Waals surface area contributed by atoms with Crippen molar-refractivity contribution in [2.45, 2.75) is 19.4 Å². The molecule has 2 aliphatic heterocycles. The number of anilines is 1. The van der Waals surface area contributed by atoms with E-state index < -0.39 is 23.9 Å². The van der Waals surface area contributed by atoms with Gasteiger partial charge in [-0.1, -0.05) is 0 Å². The van der Waals surface area contributed by atoms with Crippen LogP contribution in [0.5, 0.6) is 11.5 Å². The Labute approximate surface area is 162 Å². The minimum Gasteiger partial charge on any atom is -0.486 e. The second kappa shape index (κ2) is 8.92. The van der Waals surface area contributed by atoms with Crippen LogP contribution in [0.4, 0.5) is 5.69 Å². The summed E-state index contributed by atoms with van der Waals surface area (Å²) >= 11 is 0. The van der Waals surface area contributed by atoms with Gasteiger partial charge in [0.25, 0.3) is 5.91 Å². The quantitative estimate of drug-likeness (QED) is 0.532. The van der Waals surface area contributed by atoms with E-state index in [4.69, 9.17) is 18.9 Å². The molecule has 2 atom stereocenters. The fraction of sp³-hybridized carbons (Fsp3) is 0.526. The second-order valence-electron chi connectivity index (χ2n) is 6.60. The summed E-state index contributed by atoms with van der Waals surface area (Å²) < 4.78 is 21.1. The Morgan fingerprint density at radius 3 is 2.79 bits per heavy atom. The van der Waals surface area contributed by atoms with Crippen molar-refractivity contribution in [1.29, 1.82) is 0 Å². The highest BCUT2D eigenvalue weighted by Gasteiger charge is 2.37. The molecule has 2 heterocycles. The summed E-state index contributed by atoms with van der Waals surface area (Å²) in [6, 6.07) is 5.23. The highest BCUT2D eigenvalue weighted by atomic mass is 16.6. The van der Waals surface area contributed by atoms with Gasteiger partial charge in [-0.2, -0.15) is 0 Å². The molecule has 0 bridgehead atoms. The van der Waals surface area contributed by atoms with Crippen molar-refractivity contribution in [1.82, 2.24) is 5.32 Å². The van der Waals surface area contributed by atoms with Crippen molar-refractivity contribution in [3.63, 3.8) is 0 Å². The van der Waals surface area contributed by atoms with Crippen LogP contribution >= 0.6 is 0 Å². The minimum absolute atomic E-state index is 0.0330. The molecule has 1 N–H and O–H groups in total. The average Bonchev–Trinajstić information content (AvgIpc) is 3.09. The summed E-state index contributed by atoms with van der Waals surface area (Å²) in [5, 5.41) is 2.61. The zero-order valence-electron chi connectivity index (χ0n) is 15.9.